The molecule has 2 heterocycles. The number of rotatable bonds is 7. The summed E-state index contributed by atoms with van der Waals surface area (Å²) in [6.07, 6.45) is 1.50. The van der Waals surface area contributed by atoms with E-state index in [1.807, 2.05) is 49.1 Å². The molecular weight excluding hydrogens is 362 g/mol. The highest BCUT2D eigenvalue weighted by Gasteiger charge is 2.49. The Labute approximate surface area is 166 Å². The summed E-state index contributed by atoms with van der Waals surface area (Å²) in [5.74, 6) is -0.102. The maximum Gasteiger partial charge on any atom is 0.323 e. The first-order valence-electron chi connectivity index (χ1n) is 10.4. The average molecular weight is 395 g/mol. The number of alkyl halides is 2. The molecule has 0 unspecified atom stereocenters. The molecular formula is C22H32F2N2O2. The van der Waals surface area contributed by atoms with E-state index >= 15 is 0 Å². The van der Waals surface area contributed by atoms with E-state index < -0.39 is 6.43 Å². The Bertz CT molecular complexity index is 641. The maximum absolute atomic E-state index is 13.0. The van der Waals surface area contributed by atoms with Gasteiger partial charge in [0.1, 0.15) is 12.6 Å². The molecule has 2 aliphatic heterocycles. The predicted octanol–water partition coefficient (Wildman–Crippen LogP) is 3.95. The third-order valence-corrected chi connectivity index (χ3v) is 6.11. The molecule has 0 saturated carbocycles. The molecule has 1 aromatic rings. The Morgan fingerprint density at radius 1 is 1.14 bits per heavy atom. The molecule has 4 nitrogen and oxygen atoms in total. The molecule has 28 heavy (non-hydrogen) atoms. The van der Waals surface area contributed by atoms with E-state index in [4.69, 9.17) is 4.74 Å². The fourth-order valence-corrected chi connectivity index (χ4v) is 4.96. The van der Waals surface area contributed by atoms with E-state index in [-0.39, 0.29) is 36.6 Å². The van der Waals surface area contributed by atoms with Crippen LogP contribution in [0.3, 0.4) is 0 Å². The molecule has 2 fully saturated rings. The van der Waals surface area contributed by atoms with Gasteiger partial charge in [0.05, 0.1) is 6.54 Å². The second-order valence-corrected chi connectivity index (χ2v) is 8.53. The summed E-state index contributed by atoms with van der Waals surface area (Å²) >= 11 is 0. The monoisotopic (exact) mass is 394 g/mol. The SMILES string of the molecule is CC(C)[C@@H](C(=O)OCc1ccccc1)N1CCC[C@]12CCCN(CC(F)F)C2. The molecule has 0 aromatic heterocycles. The molecule has 3 rings (SSSR count). The minimum atomic E-state index is -2.32. The number of ether oxygens (including phenoxy) is 1. The lowest BCUT2D eigenvalue weighted by Gasteiger charge is -2.49. The molecule has 2 saturated heterocycles. The van der Waals surface area contributed by atoms with Crippen LogP contribution < -0.4 is 0 Å². The Hall–Kier alpha value is -1.53. The van der Waals surface area contributed by atoms with Crippen molar-refractivity contribution in [3.8, 4) is 0 Å². The van der Waals surface area contributed by atoms with Crippen molar-refractivity contribution in [1.82, 2.24) is 9.80 Å². The fourth-order valence-electron chi connectivity index (χ4n) is 4.96. The highest BCUT2D eigenvalue weighted by atomic mass is 19.3. The lowest BCUT2D eigenvalue weighted by molar-refractivity contribution is -0.157. The third kappa shape index (κ3) is 4.90. The number of carbonyl (C=O) groups is 1. The fraction of sp³-hybridized carbons (Fsp3) is 0.682. The first-order valence-corrected chi connectivity index (χ1v) is 10.4. The first kappa shape index (κ1) is 21.2. The van der Waals surface area contributed by atoms with Crippen LogP contribution in [0, 0.1) is 5.92 Å². The molecule has 2 aliphatic rings. The average Bonchev–Trinajstić information content (AvgIpc) is 3.02. The number of halogens is 2. The number of piperidine rings is 1. The van der Waals surface area contributed by atoms with Gasteiger partial charge >= 0.3 is 5.97 Å². The molecule has 6 heteroatoms. The molecule has 1 aromatic carbocycles. The van der Waals surface area contributed by atoms with Crippen molar-refractivity contribution < 1.29 is 18.3 Å². The molecule has 0 amide bonds. The smallest absolute Gasteiger partial charge is 0.323 e. The standard InChI is InChI=1S/C22H32F2N2O2/c1-17(2)20(21(27)28-15-18-8-4-3-5-9-18)26-13-7-11-22(26)10-6-12-25(16-22)14-19(23)24/h3-5,8-9,17,19-20H,6-7,10-16H2,1-2H3/t20-,22-/m0/s1. The minimum Gasteiger partial charge on any atom is -0.460 e. The second kappa shape index (κ2) is 9.31. The van der Waals surface area contributed by atoms with Gasteiger partial charge in [0, 0.05) is 12.1 Å². The summed E-state index contributed by atoms with van der Waals surface area (Å²) < 4.78 is 31.6. The van der Waals surface area contributed by atoms with Gasteiger partial charge in [-0.1, -0.05) is 44.2 Å². The van der Waals surface area contributed by atoms with Crippen LogP contribution in [0.4, 0.5) is 8.78 Å². The van der Waals surface area contributed by atoms with Gasteiger partial charge in [-0.05, 0) is 50.3 Å². The Kier molecular flexibility index (Phi) is 7.05. The summed E-state index contributed by atoms with van der Waals surface area (Å²) in [5, 5.41) is 0. The van der Waals surface area contributed by atoms with Crippen LogP contribution >= 0.6 is 0 Å². The van der Waals surface area contributed by atoms with Crippen LogP contribution in [0.2, 0.25) is 0 Å². The zero-order valence-electron chi connectivity index (χ0n) is 16.9. The van der Waals surface area contributed by atoms with Crippen LogP contribution in [-0.4, -0.2) is 60.0 Å². The van der Waals surface area contributed by atoms with E-state index in [1.54, 1.807) is 0 Å². The second-order valence-electron chi connectivity index (χ2n) is 8.53. The number of benzene rings is 1. The van der Waals surface area contributed by atoms with E-state index in [0.29, 0.717) is 13.1 Å². The van der Waals surface area contributed by atoms with Gasteiger partial charge in [0.15, 0.2) is 0 Å². The molecule has 1 spiro atoms. The van der Waals surface area contributed by atoms with E-state index in [1.165, 1.54) is 0 Å². The zero-order valence-corrected chi connectivity index (χ0v) is 16.9. The highest BCUT2D eigenvalue weighted by molar-refractivity contribution is 5.76. The highest BCUT2D eigenvalue weighted by Crippen LogP contribution is 2.40. The van der Waals surface area contributed by atoms with Gasteiger partial charge in [-0.15, -0.1) is 0 Å². The van der Waals surface area contributed by atoms with Crippen LogP contribution in [0.1, 0.15) is 45.1 Å². The molecule has 0 radical (unpaired) electrons. The van der Waals surface area contributed by atoms with Gasteiger partial charge in [-0.2, -0.15) is 0 Å². The van der Waals surface area contributed by atoms with Gasteiger partial charge in [0.2, 0.25) is 0 Å². The normalized spacial score (nSPS) is 24.9. The van der Waals surface area contributed by atoms with Crippen molar-refractivity contribution in [3.05, 3.63) is 35.9 Å². The largest absolute Gasteiger partial charge is 0.460 e. The summed E-state index contributed by atoms with van der Waals surface area (Å²) in [6, 6.07) is 9.34. The quantitative estimate of drug-likeness (QED) is 0.656. The molecule has 2 atom stereocenters. The van der Waals surface area contributed by atoms with Gasteiger partial charge in [-0.25, -0.2) is 8.78 Å². The van der Waals surface area contributed by atoms with Crippen LogP contribution in [0.15, 0.2) is 30.3 Å². The van der Waals surface area contributed by atoms with E-state index in [9.17, 15) is 13.6 Å². The van der Waals surface area contributed by atoms with Crippen LogP contribution in [-0.2, 0) is 16.1 Å². The third-order valence-electron chi connectivity index (χ3n) is 6.11. The van der Waals surface area contributed by atoms with Crippen molar-refractivity contribution in [1.29, 1.82) is 0 Å². The van der Waals surface area contributed by atoms with Gasteiger partial charge in [0.25, 0.3) is 6.43 Å². The summed E-state index contributed by atoms with van der Waals surface area (Å²) in [5.41, 5.74) is 0.781. The van der Waals surface area contributed by atoms with Crippen molar-refractivity contribution in [2.75, 3.05) is 26.2 Å². The Morgan fingerprint density at radius 3 is 2.46 bits per heavy atom. The maximum atomic E-state index is 13.0. The molecule has 0 bridgehead atoms. The minimum absolute atomic E-state index is 0.101. The van der Waals surface area contributed by atoms with Crippen LogP contribution in [0.5, 0.6) is 0 Å². The van der Waals surface area contributed by atoms with Crippen molar-refractivity contribution in [2.24, 2.45) is 5.92 Å². The summed E-state index contributed by atoms with van der Waals surface area (Å²) in [7, 11) is 0. The summed E-state index contributed by atoms with van der Waals surface area (Å²) in [6.45, 7) is 6.32. The Morgan fingerprint density at radius 2 is 1.82 bits per heavy atom. The number of hydrogen-bond acceptors (Lipinski definition) is 4. The Balaban J connectivity index is 1.72. The number of likely N-dealkylation sites (tertiary alicyclic amines) is 2. The lowest BCUT2D eigenvalue weighted by atomic mass is 9.84. The lowest BCUT2D eigenvalue weighted by Crippen LogP contribution is -2.61. The number of nitrogens with zero attached hydrogens (tertiary/aromatic N) is 2. The predicted molar refractivity (Wildman–Crippen MR) is 105 cm³/mol. The van der Waals surface area contributed by atoms with Crippen molar-refractivity contribution in [3.63, 3.8) is 0 Å². The van der Waals surface area contributed by atoms with Crippen molar-refractivity contribution >= 4 is 5.97 Å². The number of esters is 1. The zero-order chi connectivity index (χ0) is 20.1. The topological polar surface area (TPSA) is 32.8 Å². The number of carbonyl (C=O) groups excluding carboxylic acids is 1. The first-order chi connectivity index (χ1) is 13.4. The van der Waals surface area contributed by atoms with Gasteiger partial charge < -0.3 is 4.74 Å². The van der Waals surface area contributed by atoms with Crippen LogP contribution in [0.25, 0.3) is 0 Å². The van der Waals surface area contributed by atoms with Crippen molar-refractivity contribution in [2.45, 2.75) is 64.1 Å². The molecule has 156 valence electrons. The molecule has 0 N–H and O–H groups in total. The number of hydrogen-bond donors (Lipinski definition) is 0. The van der Waals surface area contributed by atoms with Gasteiger partial charge in [-0.3, -0.25) is 14.6 Å². The van der Waals surface area contributed by atoms with E-state index in [0.717, 1.165) is 37.8 Å². The van der Waals surface area contributed by atoms with E-state index in [2.05, 4.69) is 4.90 Å². The molecule has 0 aliphatic carbocycles. The summed E-state index contributed by atoms with van der Waals surface area (Å²) in [4.78, 5) is 17.2.